The van der Waals surface area contributed by atoms with E-state index in [9.17, 15) is 4.79 Å². The van der Waals surface area contributed by atoms with E-state index < -0.39 is 0 Å². The summed E-state index contributed by atoms with van der Waals surface area (Å²) in [5, 5.41) is 6.43. The number of rotatable bonds is 7. The number of carbonyl (C=O) groups is 1. The van der Waals surface area contributed by atoms with Gasteiger partial charge >= 0.3 is 0 Å². The van der Waals surface area contributed by atoms with E-state index in [0.29, 0.717) is 25.5 Å². The van der Waals surface area contributed by atoms with Crippen molar-refractivity contribution in [3.05, 3.63) is 0 Å². The number of nitrogens with zero attached hydrogens (tertiary/aromatic N) is 1. The maximum Gasteiger partial charge on any atom is 0.223 e. The van der Waals surface area contributed by atoms with Crippen LogP contribution in [0.25, 0.3) is 0 Å². The molecule has 88 valence electrons. The summed E-state index contributed by atoms with van der Waals surface area (Å²) < 4.78 is 5.04. The van der Waals surface area contributed by atoms with Crippen LogP contribution in [-0.4, -0.2) is 31.6 Å². The standard InChI is InChI=1S/C10H20N2O3/c1-4-7-11-10(13)6-8-15-12-9(3)14-5-2/h4-8H2,1-3H3,(H,11,13)/b12-9+. The molecule has 1 amide bonds. The van der Waals surface area contributed by atoms with Crippen LogP contribution < -0.4 is 5.32 Å². The monoisotopic (exact) mass is 216 g/mol. The van der Waals surface area contributed by atoms with Gasteiger partial charge in [0.1, 0.15) is 6.61 Å². The minimum absolute atomic E-state index is 0.0129. The second-order valence-electron chi connectivity index (χ2n) is 2.98. The van der Waals surface area contributed by atoms with Crippen molar-refractivity contribution in [2.24, 2.45) is 5.16 Å². The average Bonchev–Trinajstić information content (AvgIpc) is 2.22. The Kier molecular flexibility index (Phi) is 8.52. The highest BCUT2D eigenvalue weighted by molar-refractivity contribution is 5.76. The van der Waals surface area contributed by atoms with E-state index >= 15 is 0 Å². The first-order valence-electron chi connectivity index (χ1n) is 5.26. The fourth-order valence-electron chi connectivity index (χ4n) is 0.863. The number of oxime groups is 1. The highest BCUT2D eigenvalue weighted by atomic mass is 16.6. The molecular weight excluding hydrogens is 196 g/mol. The van der Waals surface area contributed by atoms with E-state index in [0.717, 1.165) is 6.42 Å². The minimum atomic E-state index is -0.0129. The van der Waals surface area contributed by atoms with E-state index in [2.05, 4.69) is 10.5 Å². The summed E-state index contributed by atoms with van der Waals surface area (Å²) in [5.41, 5.74) is 0. The van der Waals surface area contributed by atoms with E-state index in [4.69, 9.17) is 9.57 Å². The first-order chi connectivity index (χ1) is 7.20. The lowest BCUT2D eigenvalue weighted by atomic mass is 10.4. The van der Waals surface area contributed by atoms with Gasteiger partial charge < -0.3 is 14.9 Å². The van der Waals surface area contributed by atoms with Gasteiger partial charge in [-0.1, -0.05) is 12.1 Å². The number of ether oxygens (including phenoxy) is 1. The van der Waals surface area contributed by atoms with Crippen molar-refractivity contribution in [2.75, 3.05) is 19.8 Å². The van der Waals surface area contributed by atoms with Gasteiger partial charge in [-0.2, -0.15) is 0 Å². The Morgan fingerprint density at radius 3 is 2.73 bits per heavy atom. The molecule has 0 saturated heterocycles. The predicted molar refractivity (Wildman–Crippen MR) is 58.6 cm³/mol. The predicted octanol–water partition coefficient (Wildman–Crippen LogP) is 1.29. The molecule has 5 heteroatoms. The summed E-state index contributed by atoms with van der Waals surface area (Å²) in [6.45, 7) is 7.14. The highest BCUT2D eigenvalue weighted by Gasteiger charge is 1.99. The Morgan fingerprint density at radius 1 is 1.40 bits per heavy atom. The van der Waals surface area contributed by atoms with Gasteiger partial charge in [-0.25, -0.2) is 0 Å². The number of hydrogen-bond donors (Lipinski definition) is 1. The third kappa shape index (κ3) is 9.05. The molecule has 0 aromatic rings. The lowest BCUT2D eigenvalue weighted by Crippen LogP contribution is -2.24. The van der Waals surface area contributed by atoms with Crippen molar-refractivity contribution in [1.29, 1.82) is 0 Å². The molecule has 0 aliphatic rings. The van der Waals surface area contributed by atoms with Gasteiger partial charge in [-0.15, -0.1) is 0 Å². The molecular formula is C10H20N2O3. The van der Waals surface area contributed by atoms with Gasteiger partial charge in [0.05, 0.1) is 13.0 Å². The van der Waals surface area contributed by atoms with Crippen LogP contribution in [0.15, 0.2) is 5.16 Å². The van der Waals surface area contributed by atoms with Crippen LogP contribution in [0.2, 0.25) is 0 Å². The Bertz CT molecular complexity index is 205. The highest BCUT2D eigenvalue weighted by Crippen LogP contribution is 1.88. The zero-order chi connectivity index (χ0) is 11.5. The number of carbonyl (C=O) groups excluding carboxylic acids is 1. The van der Waals surface area contributed by atoms with Gasteiger partial charge in [-0.05, 0) is 13.3 Å². The van der Waals surface area contributed by atoms with E-state index in [1.807, 2.05) is 13.8 Å². The van der Waals surface area contributed by atoms with Crippen molar-refractivity contribution in [1.82, 2.24) is 5.32 Å². The van der Waals surface area contributed by atoms with E-state index in [-0.39, 0.29) is 12.5 Å². The molecule has 15 heavy (non-hydrogen) atoms. The molecule has 0 heterocycles. The quantitative estimate of drug-likeness (QED) is 0.302. The molecule has 0 saturated carbocycles. The molecule has 0 spiro atoms. The molecule has 5 nitrogen and oxygen atoms in total. The normalized spacial score (nSPS) is 11.0. The van der Waals surface area contributed by atoms with Gasteiger partial charge in [-0.3, -0.25) is 4.79 Å². The van der Waals surface area contributed by atoms with Crippen molar-refractivity contribution >= 4 is 11.8 Å². The Morgan fingerprint density at radius 2 is 2.13 bits per heavy atom. The second-order valence-corrected chi connectivity index (χ2v) is 2.98. The molecule has 1 N–H and O–H groups in total. The average molecular weight is 216 g/mol. The molecule has 0 radical (unpaired) electrons. The summed E-state index contributed by atoms with van der Waals surface area (Å²) in [4.78, 5) is 16.0. The smallest absolute Gasteiger partial charge is 0.223 e. The van der Waals surface area contributed by atoms with Crippen molar-refractivity contribution in [2.45, 2.75) is 33.6 Å². The fourth-order valence-corrected chi connectivity index (χ4v) is 0.863. The molecule has 0 aliphatic heterocycles. The van der Waals surface area contributed by atoms with Gasteiger partial charge in [0.15, 0.2) is 0 Å². The lowest BCUT2D eigenvalue weighted by molar-refractivity contribution is -0.122. The summed E-state index contributed by atoms with van der Waals surface area (Å²) in [6, 6.07) is 0. The van der Waals surface area contributed by atoms with E-state index in [1.54, 1.807) is 6.92 Å². The molecule has 0 fully saturated rings. The molecule has 0 aliphatic carbocycles. The van der Waals surface area contributed by atoms with Gasteiger partial charge in [0, 0.05) is 13.5 Å². The topological polar surface area (TPSA) is 59.9 Å². The largest absolute Gasteiger partial charge is 0.479 e. The van der Waals surface area contributed by atoms with Crippen LogP contribution >= 0.6 is 0 Å². The lowest BCUT2D eigenvalue weighted by Gasteiger charge is -2.03. The summed E-state index contributed by atoms with van der Waals surface area (Å²) in [5.74, 6) is 0.465. The maximum absolute atomic E-state index is 11.1. The van der Waals surface area contributed by atoms with E-state index in [1.165, 1.54) is 0 Å². The summed E-state index contributed by atoms with van der Waals surface area (Å²) in [6.07, 6.45) is 1.26. The summed E-state index contributed by atoms with van der Waals surface area (Å²) >= 11 is 0. The molecule has 0 aromatic heterocycles. The van der Waals surface area contributed by atoms with Crippen molar-refractivity contribution in [3.8, 4) is 0 Å². The molecule has 0 aromatic carbocycles. The zero-order valence-corrected chi connectivity index (χ0v) is 9.71. The summed E-state index contributed by atoms with van der Waals surface area (Å²) in [7, 11) is 0. The van der Waals surface area contributed by atoms with Crippen LogP contribution in [0.1, 0.15) is 33.6 Å². The third-order valence-electron chi connectivity index (χ3n) is 1.54. The fraction of sp³-hybridized carbons (Fsp3) is 0.800. The number of amides is 1. The Labute approximate surface area is 90.8 Å². The zero-order valence-electron chi connectivity index (χ0n) is 9.71. The minimum Gasteiger partial charge on any atom is -0.479 e. The number of hydrogen-bond acceptors (Lipinski definition) is 4. The first kappa shape index (κ1) is 13.7. The van der Waals surface area contributed by atoms with Crippen molar-refractivity contribution in [3.63, 3.8) is 0 Å². The van der Waals surface area contributed by atoms with Gasteiger partial charge in [0.25, 0.3) is 0 Å². The first-order valence-corrected chi connectivity index (χ1v) is 5.26. The molecule has 0 bridgehead atoms. The van der Waals surface area contributed by atoms with Crippen LogP contribution in [-0.2, 0) is 14.4 Å². The maximum atomic E-state index is 11.1. The second kappa shape index (κ2) is 9.30. The number of nitrogens with one attached hydrogen (secondary N) is 1. The SMILES string of the molecule is CCCNC(=O)CCO/N=C(\C)OCC. The third-order valence-corrected chi connectivity index (χ3v) is 1.54. The Balaban J connectivity index is 3.44. The Hall–Kier alpha value is -1.26. The van der Waals surface area contributed by atoms with Crippen LogP contribution in [0.4, 0.5) is 0 Å². The molecule has 0 unspecified atom stereocenters. The van der Waals surface area contributed by atoms with Crippen LogP contribution in [0.5, 0.6) is 0 Å². The molecule has 0 atom stereocenters. The molecule has 0 rings (SSSR count). The van der Waals surface area contributed by atoms with Crippen LogP contribution in [0.3, 0.4) is 0 Å². The van der Waals surface area contributed by atoms with Gasteiger partial charge in [0.2, 0.25) is 11.8 Å². The van der Waals surface area contributed by atoms with Crippen LogP contribution in [0, 0.1) is 0 Å². The van der Waals surface area contributed by atoms with Crippen molar-refractivity contribution < 1.29 is 14.4 Å².